The molecular weight excluding hydrogens is 769 g/mol. The maximum Gasteiger partial charge on any atom is 0.328 e. The van der Waals surface area contributed by atoms with Crippen molar-refractivity contribution in [2.24, 2.45) is 16.9 Å². The summed E-state index contributed by atoms with van der Waals surface area (Å²) in [5.41, 5.74) is 13.4. The molecule has 0 aliphatic heterocycles. The van der Waals surface area contributed by atoms with E-state index in [4.69, 9.17) is 21.7 Å². The lowest BCUT2D eigenvalue weighted by Crippen LogP contribution is -2.54. The first kappa shape index (κ1) is 46.0. The predicted molar refractivity (Wildman–Crippen MR) is 208 cm³/mol. The second kappa shape index (κ2) is 21.2. The molecule has 0 aliphatic rings. The molecule has 1 unspecified atom stereocenters. The number of aromatic nitrogens is 1. The summed E-state index contributed by atoms with van der Waals surface area (Å²) in [7, 11) is 0. The molecule has 1 aromatic heterocycles. The molecule has 0 fully saturated rings. The summed E-state index contributed by atoms with van der Waals surface area (Å²) in [4.78, 5) is 72.0. The molecule has 57 heavy (non-hydrogen) atoms. The first-order valence-electron chi connectivity index (χ1n) is 17.8. The number of nitrogens with one attached hydrogen (secondary N) is 4. The highest BCUT2D eigenvalue weighted by molar-refractivity contribution is 8.00. The van der Waals surface area contributed by atoms with Crippen molar-refractivity contribution in [2.75, 3.05) is 25.4 Å². The maximum absolute atomic E-state index is 14.9. The average molecular weight is 818 g/mol. The monoisotopic (exact) mass is 817 g/mol. The van der Waals surface area contributed by atoms with Crippen molar-refractivity contribution in [3.8, 4) is 11.1 Å². The highest BCUT2D eigenvalue weighted by Crippen LogP contribution is 2.37. The number of benzene rings is 2. The predicted octanol–water partition coefficient (Wildman–Crippen LogP) is 1.67. The van der Waals surface area contributed by atoms with Crippen LogP contribution in [0, 0.1) is 17.0 Å². The molecule has 0 saturated heterocycles. The number of nitrogens with two attached hydrogens (primary N) is 2. The van der Waals surface area contributed by atoms with Crippen molar-refractivity contribution in [2.45, 2.75) is 69.6 Å². The van der Waals surface area contributed by atoms with Gasteiger partial charge in [-0.15, -0.1) is 11.8 Å². The lowest BCUT2D eigenvalue weighted by molar-refractivity contribution is -0.142. The third-order valence-electron chi connectivity index (χ3n) is 8.66. The van der Waals surface area contributed by atoms with Crippen molar-refractivity contribution in [1.82, 2.24) is 25.8 Å². The molecule has 2 aromatic carbocycles. The summed E-state index contributed by atoms with van der Waals surface area (Å²) >= 11 is 0.689. The summed E-state index contributed by atoms with van der Waals surface area (Å²) in [6, 6.07) is 10.1. The molecular formula is C38H49F2N7O9S. The minimum absolute atomic E-state index is 0.0564. The van der Waals surface area contributed by atoms with Crippen molar-refractivity contribution in [1.29, 1.82) is 0 Å². The van der Waals surface area contributed by atoms with Gasteiger partial charge in [-0.05, 0) is 48.2 Å². The fourth-order valence-electron chi connectivity index (χ4n) is 5.64. The summed E-state index contributed by atoms with van der Waals surface area (Å²) in [5, 5.41) is 36.7. The van der Waals surface area contributed by atoms with Gasteiger partial charge >= 0.3 is 17.9 Å². The van der Waals surface area contributed by atoms with Gasteiger partial charge in [0, 0.05) is 41.9 Å². The molecule has 310 valence electrons. The van der Waals surface area contributed by atoms with E-state index in [1.54, 1.807) is 12.3 Å². The maximum atomic E-state index is 14.9. The third kappa shape index (κ3) is 14.6. The Morgan fingerprint density at radius 1 is 0.877 bits per heavy atom. The molecule has 1 heterocycles. The molecule has 0 saturated carbocycles. The average Bonchev–Trinajstić information content (AvgIpc) is 3.54. The Morgan fingerprint density at radius 3 is 2.18 bits per heavy atom. The second-order valence-electron chi connectivity index (χ2n) is 14.3. The fraction of sp³-hybridized carbons (Fsp3) is 0.421. The van der Waals surface area contributed by atoms with E-state index in [0.29, 0.717) is 23.9 Å². The van der Waals surface area contributed by atoms with Crippen molar-refractivity contribution in [3.63, 3.8) is 0 Å². The topological polar surface area (TPSA) is 268 Å². The number of halogens is 2. The Bertz CT molecular complexity index is 1890. The lowest BCUT2D eigenvalue weighted by Gasteiger charge is -2.33. The van der Waals surface area contributed by atoms with Crippen molar-refractivity contribution in [3.05, 3.63) is 83.7 Å². The van der Waals surface area contributed by atoms with Gasteiger partial charge in [0.2, 0.25) is 17.7 Å². The number of amides is 3. The second-order valence-corrected chi connectivity index (χ2v) is 15.6. The minimum Gasteiger partial charge on any atom is -0.481 e. The number of rotatable bonds is 22. The zero-order valence-corrected chi connectivity index (χ0v) is 32.5. The molecule has 11 N–H and O–H groups in total. The number of hydrogen-bond donors (Lipinski definition) is 9. The number of carbonyl (C=O) groups is 6. The minimum atomic E-state index is -1.60. The Labute approximate surface area is 332 Å². The summed E-state index contributed by atoms with van der Waals surface area (Å²) in [6.45, 7) is 5.33. The van der Waals surface area contributed by atoms with Crippen LogP contribution in [-0.2, 0) is 35.3 Å². The van der Waals surface area contributed by atoms with Crippen LogP contribution < -0.4 is 32.7 Å². The first-order valence-corrected chi connectivity index (χ1v) is 18.9. The SMILES string of the molecule is CC(C)(C)[C@@H](NCC[C@H](N)C(=O)N[C@H](CNC(=O)CNC(=O)C(CC(=O)O)SC[C@H](N)C(=O)O)C(=O)O)c1cc(-c2cc(F)ccc2F)cn1Cc1ccccc1. The van der Waals surface area contributed by atoms with Crippen molar-refractivity contribution >= 4 is 47.4 Å². The summed E-state index contributed by atoms with van der Waals surface area (Å²) in [5.74, 6) is -8.16. The van der Waals surface area contributed by atoms with Crippen LogP contribution in [0.1, 0.15) is 50.9 Å². The van der Waals surface area contributed by atoms with E-state index in [1.165, 1.54) is 0 Å². The highest BCUT2D eigenvalue weighted by atomic mass is 32.2. The van der Waals surface area contributed by atoms with Crippen LogP contribution in [0.4, 0.5) is 8.78 Å². The van der Waals surface area contributed by atoms with E-state index in [9.17, 15) is 42.7 Å². The fourth-order valence-corrected chi connectivity index (χ4v) is 6.72. The van der Waals surface area contributed by atoms with Gasteiger partial charge in [-0.2, -0.15) is 0 Å². The summed E-state index contributed by atoms with van der Waals surface area (Å²) in [6.07, 6.45) is 1.14. The van der Waals surface area contributed by atoms with Gasteiger partial charge < -0.3 is 52.6 Å². The molecule has 0 radical (unpaired) electrons. The molecule has 3 rings (SSSR count). The number of nitrogens with zero attached hydrogens (tertiary/aromatic N) is 1. The molecule has 3 amide bonds. The molecule has 5 atom stereocenters. The lowest BCUT2D eigenvalue weighted by atomic mass is 9.84. The smallest absolute Gasteiger partial charge is 0.328 e. The Kier molecular flexibility index (Phi) is 17.1. The van der Waals surface area contributed by atoms with Gasteiger partial charge in [-0.25, -0.2) is 13.6 Å². The van der Waals surface area contributed by atoms with Crippen LogP contribution in [0.25, 0.3) is 11.1 Å². The van der Waals surface area contributed by atoms with Crippen LogP contribution in [0.15, 0.2) is 60.8 Å². The molecule has 0 spiro atoms. The number of carboxylic acids is 3. The molecule has 16 nitrogen and oxygen atoms in total. The van der Waals surface area contributed by atoms with Gasteiger partial charge in [-0.3, -0.25) is 24.0 Å². The quantitative estimate of drug-likeness (QED) is 0.0700. The van der Waals surface area contributed by atoms with Crippen LogP contribution >= 0.6 is 11.8 Å². The molecule has 0 aliphatic carbocycles. The van der Waals surface area contributed by atoms with E-state index < -0.39 is 95.6 Å². The van der Waals surface area contributed by atoms with E-state index in [0.717, 1.165) is 29.5 Å². The van der Waals surface area contributed by atoms with Gasteiger partial charge in [0.05, 0.1) is 30.3 Å². The molecule has 3 aromatic rings. The molecule has 0 bridgehead atoms. The van der Waals surface area contributed by atoms with Crippen LogP contribution in [0.5, 0.6) is 0 Å². The number of carbonyl (C=O) groups excluding carboxylic acids is 3. The first-order chi connectivity index (χ1) is 26.8. The van der Waals surface area contributed by atoms with Crippen LogP contribution in [-0.4, -0.2) is 104 Å². The van der Waals surface area contributed by atoms with E-state index in [1.807, 2.05) is 55.7 Å². The number of thioether (sulfide) groups is 1. The highest BCUT2D eigenvalue weighted by Gasteiger charge is 2.31. The van der Waals surface area contributed by atoms with Gasteiger partial charge in [-0.1, -0.05) is 51.1 Å². The third-order valence-corrected chi connectivity index (χ3v) is 9.99. The van der Waals surface area contributed by atoms with Crippen LogP contribution in [0.3, 0.4) is 0 Å². The Morgan fingerprint density at radius 2 is 1.56 bits per heavy atom. The number of hydrogen-bond acceptors (Lipinski definition) is 10. The summed E-state index contributed by atoms with van der Waals surface area (Å²) < 4.78 is 31.0. The van der Waals surface area contributed by atoms with Gasteiger partial charge in [0.15, 0.2) is 0 Å². The zero-order valence-electron chi connectivity index (χ0n) is 31.7. The number of carboxylic acid groups (broad SMARTS) is 3. The standard InChI is InChI=1S/C38H49F2N7O9S/c1-38(2,3)33(29-13-22(24-14-23(39)9-10-25(24)40)19-47(29)18-21-7-5-4-6-8-21)43-12-11-26(41)34(51)46-28(37(55)56)16-44-31(48)17-45-35(52)30(15-32(49)50)57-20-27(42)36(53)54/h4-10,13-14,19,26-28,30,33,43H,11-12,15-18,20,41-42H2,1-3H3,(H,44,48)(H,45,52)(H,46,51)(H,49,50)(H,53,54)(H,55,56)/t26-,27-,28+,30?,33-/m0/s1. The number of aliphatic carboxylic acids is 3. The zero-order chi connectivity index (χ0) is 42.4. The van der Waals surface area contributed by atoms with E-state index >= 15 is 0 Å². The Balaban J connectivity index is 1.62. The normalized spacial score (nSPS) is 14.1. The largest absolute Gasteiger partial charge is 0.481 e. The van der Waals surface area contributed by atoms with Gasteiger partial charge in [0.1, 0.15) is 23.7 Å². The van der Waals surface area contributed by atoms with E-state index in [2.05, 4.69) is 21.3 Å². The molecule has 19 heteroatoms. The van der Waals surface area contributed by atoms with Crippen molar-refractivity contribution < 1.29 is 52.9 Å². The van der Waals surface area contributed by atoms with Crippen LogP contribution in [0.2, 0.25) is 0 Å². The Hall–Kier alpha value is -5.37. The van der Waals surface area contributed by atoms with Gasteiger partial charge in [0.25, 0.3) is 0 Å². The van der Waals surface area contributed by atoms with E-state index in [-0.39, 0.29) is 30.3 Å².